The summed E-state index contributed by atoms with van der Waals surface area (Å²) in [6.45, 7) is 3.85. The van der Waals surface area contributed by atoms with Gasteiger partial charge in [0.05, 0.1) is 13.7 Å². The molecule has 0 amide bonds. The first kappa shape index (κ1) is 14.0. The Kier molecular flexibility index (Phi) is 4.11. The topological polar surface area (TPSA) is 30.5 Å². The molecule has 3 nitrogen and oxygen atoms in total. The minimum absolute atomic E-state index is 0.306. The van der Waals surface area contributed by atoms with E-state index in [1.54, 1.807) is 7.11 Å². The summed E-state index contributed by atoms with van der Waals surface area (Å²) in [5, 5.41) is 3.56. The van der Waals surface area contributed by atoms with Crippen molar-refractivity contribution in [1.82, 2.24) is 5.32 Å². The van der Waals surface area contributed by atoms with Crippen LogP contribution in [0.15, 0.2) is 42.5 Å². The molecule has 1 aliphatic heterocycles. The second-order valence-electron chi connectivity index (χ2n) is 5.42. The van der Waals surface area contributed by atoms with Crippen LogP contribution < -0.4 is 14.8 Å². The van der Waals surface area contributed by atoms with Crippen molar-refractivity contribution >= 4 is 0 Å². The van der Waals surface area contributed by atoms with Crippen LogP contribution in [0.2, 0.25) is 0 Å². The molecule has 0 aliphatic carbocycles. The molecule has 0 saturated carbocycles. The average Bonchev–Trinajstić information content (AvgIpc) is 3.00. The highest BCUT2D eigenvalue weighted by atomic mass is 16.5. The monoisotopic (exact) mass is 283 g/mol. The molecule has 3 heteroatoms. The number of methoxy groups -OCH3 is 1. The summed E-state index contributed by atoms with van der Waals surface area (Å²) in [4.78, 5) is 0. The average molecular weight is 283 g/mol. The summed E-state index contributed by atoms with van der Waals surface area (Å²) in [6, 6.07) is 15.0. The van der Waals surface area contributed by atoms with E-state index in [-0.39, 0.29) is 0 Å². The number of hydrogen-bond acceptors (Lipinski definition) is 3. The van der Waals surface area contributed by atoms with Crippen molar-refractivity contribution in [1.29, 1.82) is 0 Å². The summed E-state index contributed by atoms with van der Waals surface area (Å²) in [5.41, 5.74) is 3.89. The Labute approximate surface area is 125 Å². The molecule has 1 heterocycles. The van der Waals surface area contributed by atoms with Crippen LogP contribution in [0.25, 0.3) is 0 Å². The third kappa shape index (κ3) is 3.19. The third-order valence-electron chi connectivity index (χ3n) is 3.98. The maximum Gasteiger partial charge on any atom is 0.122 e. The maximum atomic E-state index is 5.54. The normalized spacial score (nSPS) is 14.4. The fraction of sp³-hybridized carbons (Fsp3) is 0.333. The molecule has 110 valence electrons. The van der Waals surface area contributed by atoms with Crippen LogP contribution in [-0.2, 0) is 13.0 Å². The van der Waals surface area contributed by atoms with Crippen molar-refractivity contribution in [3.8, 4) is 11.5 Å². The largest absolute Gasteiger partial charge is 0.497 e. The lowest BCUT2D eigenvalue weighted by Crippen LogP contribution is -2.18. The highest BCUT2D eigenvalue weighted by Crippen LogP contribution is 2.26. The highest BCUT2D eigenvalue weighted by molar-refractivity contribution is 5.39. The van der Waals surface area contributed by atoms with Crippen molar-refractivity contribution in [3.05, 3.63) is 59.2 Å². The van der Waals surface area contributed by atoms with Crippen LogP contribution in [0.3, 0.4) is 0 Å². The highest BCUT2D eigenvalue weighted by Gasteiger charge is 2.12. The second kappa shape index (κ2) is 6.19. The first-order valence-corrected chi connectivity index (χ1v) is 7.38. The van der Waals surface area contributed by atoms with Crippen LogP contribution in [0.4, 0.5) is 0 Å². The number of nitrogens with one attached hydrogen (secondary N) is 1. The minimum atomic E-state index is 0.306. The summed E-state index contributed by atoms with van der Waals surface area (Å²) >= 11 is 0. The lowest BCUT2D eigenvalue weighted by atomic mass is 10.1. The second-order valence-corrected chi connectivity index (χ2v) is 5.42. The van der Waals surface area contributed by atoms with Gasteiger partial charge in [0.15, 0.2) is 0 Å². The molecule has 0 fully saturated rings. The third-order valence-corrected chi connectivity index (χ3v) is 3.98. The van der Waals surface area contributed by atoms with Crippen molar-refractivity contribution in [3.63, 3.8) is 0 Å². The molecule has 0 saturated heterocycles. The zero-order valence-corrected chi connectivity index (χ0v) is 12.6. The van der Waals surface area contributed by atoms with Gasteiger partial charge in [-0.2, -0.15) is 0 Å². The number of rotatable bonds is 5. The SMILES string of the molecule is COc1ccc(C(C)NCc2ccc3c(c2)CCO3)cc1. The van der Waals surface area contributed by atoms with Crippen LogP contribution in [0, 0.1) is 0 Å². The van der Waals surface area contributed by atoms with Gasteiger partial charge in [0.25, 0.3) is 0 Å². The van der Waals surface area contributed by atoms with Gasteiger partial charge in [-0.15, -0.1) is 0 Å². The Bertz CT molecular complexity index is 607. The Balaban J connectivity index is 1.61. The van der Waals surface area contributed by atoms with Crippen LogP contribution in [0.5, 0.6) is 11.5 Å². The molecule has 21 heavy (non-hydrogen) atoms. The van der Waals surface area contributed by atoms with E-state index in [4.69, 9.17) is 9.47 Å². The Morgan fingerprint density at radius 3 is 2.76 bits per heavy atom. The Morgan fingerprint density at radius 1 is 1.19 bits per heavy atom. The predicted octanol–water partition coefficient (Wildman–Crippen LogP) is 3.48. The van der Waals surface area contributed by atoms with Gasteiger partial charge >= 0.3 is 0 Å². The van der Waals surface area contributed by atoms with Crippen LogP contribution in [-0.4, -0.2) is 13.7 Å². The smallest absolute Gasteiger partial charge is 0.122 e. The van der Waals surface area contributed by atoms with Crippen molar-refractivity contribution in [2.75, 3.05) is 13.7 Å². The molecule has 0 bridgehead atoms. The zero-order valence-electron chi connectivity index (χ0n) is 12.6. The molecule has 1 atom stereocenters. The summed E-state index contributed by atoms with van der Waals surface area (Å²) < 4.78 is 10.7. The standard InChI is InChI=1S/C18H21NO2/c1-13(15-4-6-17(20-2)7-5-15)19-12-14-3-8-18-16(11-14)9-10-21-18/h3-8,11,13,19H,9-10,12H2,1-2H3. The maximum absolute atomic E-state index is 5.54. The van der Waals surface area contributed by atoms with E-state index >= 15 is 0 Å². The lowest BCUT2D eigenvalue weighted by Gasteiger charge is -2.15. The molecule has 0 radical (unpaired) electrons. The first-order valence-electron chi connectivity index (χ1n) is 7.38. The Morgan fingerprint density at radius 2 is 2.00 bits per heavy atom. The van der Waals surface area contributed by atoms with E-state index in [1.165, 1.54) is 16.7 Å². The van der Waals surface area contributed by atoms with Crippen molar-refractivity contribution in [2.45, 2.75) is 25.9 Å². The van der Waals surface area contributed by atoms with Gasteiger partial charge in [0, 0.05) is 19.0 Å². The van der Waals surface area contributed by atoms with Crippen molar-refractivity contribution in [2.24, 2.45) is 0 Å². The van der Waals surface area contributed by atoms with E-state index < -0.39 is 0 Å². The van der Waals surface area contributed by atoms with Gasteiger partial charge in [0.2, 0.25) is 0 Å². The quantitative estimate of drug-likeness (QED) is 0.911. The molecule has 3 rings (SSSR count). The molecule has 2 aromatic carbocycles. The van der Waals surface area contributed by atoms with Gasteiger partial charge < -0.3 is 14.8 Å². The fourth-order valence-corrected chi connectivity index (χ4v) is 2.63. The van der Waals surface area contributed by atoms with Gasteiger partial charge in [-0.1, -0.05) is 24.3 Å². The van der Waals surface area contributed by atoms with Gasteiger partial charge in [0.1, 0.15) is 11.5 Å². The molecule has 0 aromatic heterocycles. The number of fused-ring (bicyclic) bond motifs is 1. The molecule has 1 aliphatic rings. The van der Waals surface area contributed by atoms with Gasteiger partial charge in [-0.25, -0.2) is 0 Å². The van der Waals surface area contributed by atoms with E-state index in [2.05, 4.69) is 42.6 Å². The van der Waals surface area contributed by atoms with Gasteiger partial charge in [-0.05, 0) is 41.8 Å². The summed E-state index contributed by atoms with van der Waals surface area (Å²) in [7, 11) is 1.69. The molecule has 1 unspecified atom stereocenters. The van der Waals surface area contributed by atoms with E-state index in [0.29, 0.717) is 6.04 Å². The number of hydrogen-bond donors (Lipinski definition) is 1. The Hall–Kier alpha value is -2.00. The van der Waals surface area contributed by atoms with E-state index in [0.717, 1.165) is 31.1 Å². The summed E-state index contributed by atoms with van der Waals surface area (Å²) in [6.07, 6.45) is 1.03. The van der Waals surface area contributed by atoms with Crippen LogP contribution >= 0.6 is 0 Å². The van der Waals surface area contributed by atoms with Crippen LogP contribution in [0.1, 0.15) is 29.7 Å². The molecule has 2 aromatic rings. The zero-order chi connectivity index (χ0) is 14.7. The van der Waals surface area contributed by atoms with E-state index in [9.17, 15) is 0 Å². The number of ether oxygens (including phenoxy) is 2. The van der Waals surface area contributed by atoms with E-state index in [1.807, 2.05) is 12.1 Å². The van der Waals surface area contributed by atoms with Gasteiger partial charge in [-0.3, -0.25) is 0 Å². The molecule has 1 N–H and O–H groups in total. The summed E-state index contributed by atoms with van der Waals surface area (Å²) in [5.74, 6) is 1.94. The molecular formula is C18H21NO2. The fourth-order valence-electron chi connectivity index (χ4n) is 2.63. The first-order chi connectivity index (χ1) is 10.3. The predicted molar refractivity (Wildman–Crippen MR) is 83.9 cm³/mol. The molecule has 0 spiro atoms. The lowest BCUT2D eigenvalue weighted by molar-refractivity contribution is 0.357. The number of benzene rings is 2. The minimum Gasteiger partial charge on any atom is -0.497 e. The van der Waals surface area contributed by atoms with Crippen molar-refractivity contribution < 1.29 is 9.47 Å². The molecular weight excluding hydrogens is 262 g/mol.